The van der Waals surface area contributed by atoms with E-state index in [1.54, 1.807) is 43.5 Å². The minimum Gasteiger partial charge on any atom is -0.497 e. The summed E-state index contributed by atoms with van der Waals surface area (Å²) < 4.78 is 5.40. The molecule has 0 bridgehead atoms. The predicted molar refractivity (Wildman–Crippen MR) is 139 cm³/mol. The lowest BCUT2D eigenvalue weighted by Gasteiger charge is -2.43. The summed E-state index contributed by atoms with van der Waals surface area (Å²) in [6.45, 7) is 0.586. The Labute approximate surface area is 218 Å². The second-order valence-corrected chi connectivity index (χ2v) is 10.5. The molecular formula is C29H24ClN3O4. The lowest BCUT2D eigenvalue weighted by molar-refractivity contribution is -0.137. The van der Waals surface area contributed by atoms with Crippen LogP contribution >= 0.6 is 11.6 Å². The quantitative estimate of drug-likeness (QED) is 0.508. The number of benzene rings is 3. The molecule has 4 atom stereocenters. The highest BCUT2D eigenvalue weighted by atomic mass is 35.5. The first-order valence-corrected chi connectivity index (χ1v) is 12.8. The molecule has 3 aromatic carbocycles. The van der Waals surface area contributed by atoms with Crippen LogP contribution in [-0.4, -0.2) is 42.2 Å². The van der Waals surface area contributed by atoms with E-state index in [9.17, 15) is 14.4 Å². The van der Waals surface area contributed by atoms with Crippen LogP contribution in [-0.2, 0) is 20.5 Å². The number of ketones is 1. The van der Waals surface area contributed by atoms with Crippen molar-refractivity contribution in [2.24, 2.45) is 5.92 Å². The van der Waals surface area contributed by atoms with Crippen LogP contribution in [0.3, 0.4) is 0 Å². The van der Waals surface area contributed by atoms with E-state index in [0.29, 0.717) is 51.8 Å². The van der Waals surface area contributed by atoms with Crippen LogP contribution in [0.25, 0.3) is 0 Å². The lowest BCUT2D eigenvalue weighted by atomic mass is 9.57. The molecule has 2 amide bonds. The number of hydrogen-bond acceptors (Lipinski definition) is 5. The Kier molecular flexibility index (Phi) is 4.66. The molecule has 7 nitrogen and oxygen atoms in total. The molecular weight excluding hydrogens is 490 g/mol. The smallest absolute Gasteiger partial charge is 0.251 e. The minimum absolute atomic E-state index is 0.178. The number of para-hydroxylation sites is 2. The molecule has 3 aromatic rings. The molecule has 0 aromatic heterocycles. The maximum atomic E-state index is 14.6. The topological polar surface area (TPSA) is 87.7 Å². The fourth-order valence-electron chi connectivity index (χ4n) is 7.53. The predicted octanol–water partition coefficient (Wildman–Crippen LogP) is 4.36. The van der Waals surface area contributed by atoms with Crippen molar-refractivity contribution in [3.05, 3.63) is 88.4 Å². The fourth-order valence-corrected chi connectivity index (χ4v) is 7.75. The van der Waals surface area contributed by atoms with Gasteiger partial charge >= 0.3 is 0 Å². The van der Waals surface area contributed by atoms with Gasteiger partial charge in [0.1, 0.15) is 16.7 Å². The maximum absolute atomic E-state index is 14.6. The molecule has 0 aliphatic carbocycles. The molecule has 4 heterocycles. The van der Waals surface area contributed by atoms with Gasteiger partial charge in [0, 0.05) is 22.9 Å². The van der Waals surface area contributed by atoms with Crippen LogP contribution in [0.5, 0.6) is 5.75 Å². The number of ether oxygens (including phenoxy) is 1. The van der Waals surface area contributed by atoms with Crippen molar-refractivity contribution >= 4 is 40.6 Å². The first kappa shape index (κ1) is 22.5. The van der Waals surface area contributed by atoms with Gasteiger partial charge in [-0.2, -0.15) is 0 Å². The van der Waals surface area contributed by atoms with Gasteiger partial charge < -0.3 is 15.4 Å². The number of Topliss-reactive ketones (excluding diaryl/α,β-unsaturated/α-hetero) is 1. The minimum atomic E-state index is -1.49. The SMILES string of the molecule is COc1cccc(C(=O)C2C3CCCN3[C@@]3(C(=O)Nc4c(Cl)cccc43)[C@@]23C(=O)Nc2ccccc23)c1. The van der Waals surface area contributed by atoms with Crippen molar-refractivity contribution in [2.75, 3.05) is 24.3 Å². The Balaban J connectivity index is 1.58. The first-order valence-electron chi connectivity index (χ1n) is 12.4. The van der Waals surface area contributed by atoms with E-state index in [1.807, 2.05) is 30.3 Å². The summed E-state index contributed by atoms with van der Waals surface area (Å²) in [6.07, 6.45) is 1.51. The zero-order valence-electron chi connectivity index (χ0n) is 20.1. The van der Waals surface area contributed by atoms with E-state index in [4.69, 9.17) is 16.3 Å². The first-order chi connectivity index (χ1) is 18.0. The summed E-state index contributed by atoms with van der Waals surface area (Å²) in [5.74, 6) is -1.09. The zero-order chi connectivity index (χ0) is 25.5. The lowest BCUT2D eigenvalue weighted by Crippen LogP contribution is -2.62. The van der Waals surface area contributed by atoms with Crippen molar-refractivity contribution in [2.45, 2.75) is 29.8 Å². The summed E-state index contributed by atoms with van der Waals surface area (Å²) in [6, 6.07) is 19.5. The highest BCUT2D eigenvalue weighted by molar-refractivity contribution is 6.35. The molecule has 0 saturated carbocycles. The summed E-state index contributed by atoms with van der Waals surface area (Å²) >= 11 is 6.58. The van der Waals surface area contributed by atoms with E-state index in [-0.39, 0.29) is 23.6 Å². The molecule has 0 radical (unpaired) electrons. The van der Waals surface area contributed by atoms with E-state index in [1.165, 1.54) is 0 Å². The monoisotopic (exact) mass is 513 g/mol. The van der Waals surface area contributed by atoms with Gasteiger partial charge in [0.2, 0.25) is 5.91 Å². The summed E-state index contributed by atoms with van der Waals surface area (Å²) in [7, 11) is 1.55. The number of rotatable bonds is 3. The van der Waals surface area contributed by atoms with E-state index in [0.717, 1.165) is 6.42 Å². The normalized spacial score (nSPS) is 29.2. The summed E-state index contributed by atoms with van der Waals surface area (Å²) in [5, 5.41) is 6.45. The van der Waals surface area contributed by atoms with Crippen molar-refractivity contribution < 1.29 is 19.1 Å². The number of carbonyl (C=O) groups excluding carboxylic acids is 3. The van der Waals surface area contributed by atoms with Crippen molar-refractivity contribution in [3.63, 3.8) is 0 Å². The molecule has 4 aliphatic heterocycles. The van der Waals surface area contributed by atoms with Crippen LogP contribution < -0.4 is 15.4 Å². The van der Waals surface area contributed by atoms with Crippen LogP contribution in [0.2, 0.25) is 5.02 Å². The summed E-state index contributed by atoms with van der Waals surface area (Å²) in [5.41, 5.74) is -0.0254. The Bertz CT molecular complexity index is 1520. The van der Waals surface area contributed by atoms with Gasteiger partial charge in [0.25, 0.3) is 5.91 Å². The number of nitrogens with one attached hydrogen (secondary N) is 2. The number of hydrogen-bond donors (Lipinski definition) is 2. The molecule has 2 N–H and O–H groups in total. The van der Waals surface area contributed by atoms with Gasteiger partial charge in [-0.25, -0.2) is 0 Å². The summed E-state index contributed by atoms with van der Waals surface area (Å²) in [4.78, 5) is 45.5. The maximum Gasteiger partial charge on any atom is 0.251 e. The molecule has 7 rings (SSSR count). The number of fused-ring (bicyclic) bond motifs is 7. The van der Waals surface area contributed by atoms with Crippen LogP contribution in [0.4, 0.5) is 11.4 Å². The van der Waals surface area contributed by atoms with Gasteiger partial charge in [-0.3, -0.25) is 19.3 Å². The van der Waals surface area contributed by atoms with Crippen molar-refractivity contribution in [1.29, 1.82) is 0 Å². The molecule has 37 heavy (non-hydrogen) atoms. The Morgan fingerprint density at radius 3 is 2.62 bits per heavy atom. The van der Waals surface area contributed by atoms with Crippen molar-refractivity contribution in [3.8, 4) is 5.75 Å². The van der Waals surface area contributed by atoms with Gasteiger partial charge in [-0.05, 0) is 49.2 Å². The molecule has 186 valence electrons. The van der Waals surface area contributed by atoms with Crippen LogP contribution in [0.1, 0.15) is 34.3 Å². The van der Waals surface area contributed by atoms with Crippen LogP contribution in [0, 0.1) is 5.92 Å². The molecule has 2 spiro atoms. The molecule has 2 saturated heterocycles. The van der Waals surface area contributed by atoms with E-state index in [2.05, 4.69) is 15.5 Å². The van der Waals surface area contributed by atoms with E-state index >= 15 is 0 Å². The van der Waals surface area contributed by atoms with Gasteiger partial charge in [-0.15, -0.1) is 0 Å². The highest BCUT2D eigenvalue weighted by Crippen LogP contribution is 2.68. The third-order valence-corrected chi connectivity index (χ3v) is 9.03. The number of carbonyl (C=O) groups is 3. The second kappa shape index (κ2) is 7.66. The van der Waals surface area contributed by atoms with Crippen molar-refractivity contribution in [1.82, 2.24) is 4.90 Å². The van der Waals surface area contributed by atoms with E-state index < -0.39 is 16.9 Å². The Morgan fingerprint density at radius 1 is 1.00 bits per heavy atom. The molecule has 4 aliphatic rings. The molecule has 8 heteroatoms. The Hall–Kier alpha value is -3.68. The Morgan fingerprint density at radius 2 is 1.78 bits per heavy atom. The van der Waals surface area contributed by atoms with Gasteiger partial charge in [0.05, 0.1) is 23.7 Å². The molecule has 2 fully saturated rings. The third kappa shape index (κ3) is 2.53. The third-order valence-electron chi connectivity index (χ3n) is 8.72. The average molecular weight is 514 g/mol. The van der Waals surface area contributed by atoms with Gasteiger partial charge in [0.15, 0.2) is 5.78 Å². The van der Waals surface area contributed by atoms with Gasteiger partial charge in [-0.1, -0.05) is 54.1 Å². The number of halogens is 1. The average Bonchev–Trinajstić information content (AvgIpc) is 3.63. The largest absolute Gasteiger partial charge is 0.497 e. The second-order valence-electron chi connectivity index (χ2n) is 10.1. The molecule has 2 unspecified atom stereocenters. The standard InChI is InChI=1S/C29H24ClN3O4/c1-37-17-8-4-7-16(15-17)25(34)23-22-13-6-14-33(22)29(19-10-5-11-20(30)24(19)32-27(29)36)28(23)18-9-2-3-12-21(18)31-26(28)35/h2-5,7-12,15,22-23H,6,13-14H2,1H3,(H,31,35)(H,32,36)/t22?,23?,28-,29+/m1/s1. The number of anilines is 2. The fraction of sp³-hybridized carbons (Fsp3) is 0.276. The highest BCUT2D eigenvalue weighted by Gasteiger charge is 2.81. The number of methoxy groups -OCH3 is 1. The zero-order valence-corrected chi connectivity index (χ0v) is 20.8. The number of nitrogens with zero attached hydrogens (tertiary/aromatic N) is 1. The number of amides is 2. The van der Waals surface area contributed by atoms with Crippen LogP contribution in [0.15, 0.2) is 66.7 Å².